The Hall–Kier alpha value is -4.08. The number of aryl methyl sites for hydroxylation is 2. The number of hydrogen-bond donors (Lipinski definition) is 2. The van der Waals surface area contributed by atoms with Gasteiger partial charge in [0.05, 0.1) is 30.6 Å². The largest absolute Gasteiger partial charge is 0.389 e. The number of amides is 2. The van der Waals surface area contributed by atoms with Crippen LogP contribution in [-0.2, 0) is 13.0 Å². The van der Waals surface area contributed by atoms with E-state index >= 15 is 0 Å². The Morgan fingerprint density at radius 2 is 1.75 bits per heavy atom. The van der Waals surface area contributed by atoms with Crippen molar-refractivity contribution >= 4 is 28.8 Å². The predicted octanol–water partition coefficient (Wildman–Crippen LogP) is 4.27. The van der Waals surface area contributed by atoms with E-state index in [0.717, 1.165) is 27.5 Å². The number of hydrogen-bond acceptors (Lipinski definition) is 7. The lowest BCUT2D eigenvalue weighted by molar-refractivity contribution is 0.0785. The number of likely N-dealkylation sites (N-methyl/N-ethyl adjacent to an activating group) is 1. The molecule has 2 N–H and O–H groups in total. The highest BCUT2D eigenvalue weighted by Gasteiger charge is 2.25. The summed E-state index contributed by atoms with van der Waals surface area (Å²) in [7, 11) is 3.61. The van der Waals surface area contributed by atoms with Crippen molar-refractivity contribution in [2.75, 3.05) is 25.5 Å². The van der Waals surface area contributed by atoms with Gasteiger partial charge in [-0.15, -0.1) is 11.3 Å². The first kappa shape index (κ1) is 28.9. The molecule has 4 aromatic rings. The van der Waals surface area contributed by atoms with Gasteiger partial charge >= 0.3 is 0 Å². The molecule has 2 heterocycles. The topological polar surface area (TPSA) is 98.7 Å². The van der Waals surface area contributed by atoms with E-state index < -0.39 is 12.1 Å². The number of carbonyl (C=O) groups is 2. The lowest BCUT2D eigenvalue weighted by Crippen LogP contribution is -2.49. The highest BCUT2D eigenvalue weighted by Crippen LogP contribution is 2.17. The third kappa shape index (κ3) is 7.74. The second kappa shape index (κ2) is 13.3. The second-order valence-electron chi connectivity index (χ2n) is 10.1. The van der Waals surface area contributed by atoms with Crippen LogP contribution in [0.15, 0.2) is 78.4 Å². The molecule has 0 fully saturated rings. The number of anilines is 1. The molecule has 9 heteroatoms. The van der Waals surface area contributed by atoms with Crippen molar-refractivity contribution in [3.63, 3.8) is 0 Å². The summed E-state index contributed by atoms with van der Waals surface area (Å²) in [6.07, 6.45) is 3.11. The maximum Gasteiger partial charge on any atom is 0.253 e. The molecule has 0 aliphatic carbocycles. The second-order valence-corrected chi connectivity index (χ2v) is 11.0. The molecule has 0 aliphatic rings. The zero-order valence-corrected chi connectivity index (χ0v) is 24.1. The maximum absolute atomic E-state index is 13.4. The van der Waals surface area contributed by atoms with Gasteiger partial charge in [-0.1, -0.05) is 36.4 Å². The summed E-state index contributed by atoms with van der Waals surface area (Å²) in [5, 5.41) is 17.1. The number of rotatable bonds is 11. The molecule has 2 aromatic carbocycles. The smallest absolute Gasteiger partial charge is 0.253 e. The number of benzene rings is 2. The summed E-state index contributed by atoms with van der Waals surface area (Å²) in [6, 6.07) is 17.8. The lowest BCUT2D eigenvalue weighted by atomic mass is 9.99. The van der Waals surface area contributed by atoms with Crippen molar-refractivity contribution in [2.24, 2.45) is 0 Å². The van der Waals surface area contributed by atoms with Crippen LogP contribution in [0.5, 0.6) is 0 Å². The van der Waals surface area contributed by atoms with E-state index in [9.17, 15) is 14.7 Å². The van der Waals surface area contributed by atoms with Crippen LogP contribution < -0.4 is 10.2 Å². The van der Waals surface area contributed by atoms with Crippen LogP contribution in [0.2, 0.25) is 0 Å². The summed E-state index contributed by atoms with van der Waals surface area (Å²) >= 11 is 1.51. The summed E-state index contributed by atoms with van der Waals surface area (Å²) < 4.78 is 0. The third-order valence-electron chi connectivity index (χ3n) is 6.60. The van der Waals surface area contributed by atoms with Crippen LogP contribution in [-0.4, -0.2) is 64.6 Å². The normalized spacial score (nSPS) is 12.4. The summed E-state index contributed by atoms with van der Waals surface area (Å²) in [5.74, 6) is -0.551. The number of aromatic nitrogens is 2. The molecule has 0 bridgehead atoms. The maximum atomic E-state index is 13.4. The Morgan fingerprint density at radius 1 is 1.00 bits per heavy atom. The fourth-order valence-corrected chi connectivity index (χ4v) is 5.25. The van der Waals surface area contributed by atoms with Crippen molar-refractivity contribution in [1.82, 2.24) is 20.2 Å². The molecule has 8 nitrogen and oxygen atoms in total. The van der Waals surface area contributed by atoms with Crippen LogP contribution >= 0.6 is 11.3 Å². The summed E-state index contributed by atoms with van der Waals surface area (Å²) in [5.41, 5.74) is 4.59. The Balaban J connectivity index is 1.48. The number of thiazole rings is 1. The molecular formula is C31H35N5O3S. The van der Waals surface area contributed by atoms with Gasteiger partial charge in [-0.05, 0) is 55.7 Å². The van der Waals surface area contributed by atoms with Gasteiger partial charge in [0.25, 0.3) is 11.8 Å². The number of nitrogens with zero attached hydrogens (tertiary/aromatic N) is 4. The fourth-order valence-electron chi connectivity index (χ4n) is 4.43. The molecule has 0 radical (unpaired) electrons. The van der Waals surface area contributed by atoms with Gasteiger partial charge in [0.15, 0.2) is 0 Å². The molecule has 0 spiro atoms. The van der Waals surface area contributed by atoms with E-state index in [-0.39, 0.29) is 11.8 Å². The molecule has 0 saturated heterocycles. The molecule has 0 aliphatic heterocycles. The SMILES string of the molecule is Cc1cncc(N(C)C[C@@H](O)[C@H](Cc2ccccc2)NC(=O)c2cccc(C(=O)N(C)Cc3nc(C)cs3)c2)c1. The van der Waals surface area contributed by atoms with Crippen LogP contribution in [0.4, 0.5) is 5.69 Å². The van der Waals surface area contributed by atoms with E-state index in [2.05, 4.69) is 15.3 Å². The zero-order chi connectivity index (χ0) is 28.6. The van der Waals surface area contributed by atoms with Gasteiger partial charge < -0.3 is 20.2 Å². The Labute approximate surface area is 239 Å². The molecule has 40 heavy (non-hydrogen) atoms. The minimum atomic E-state index is -0.868. The summed E-state index contributed by atoms with van der Waals surface area (Å²) in [6.45, 7) is 4.57. The monoisotopic (exact) mass is 557 g/mol. The Bertz CT molecular complexity index is 1440. The number of nitrogens with one attached hydrogen (secondary N) is 1. The van der Waals surface area contributed by atoms with Gasteiger partial charge in [-0.3, -0.25) is 14.6 Å². The number of aliphatic hydroxyl groups excluding tert-OH is 1. The van der Waals surface area contributed by atoms with Crippen molar-refractivity contribution in [3.8, 4) is 0 Å². The molecule has 2 atom stereocenters. The Morgan fingerprint density at radius 3 is 2.45 bits per heavy atom. The molecular weight excluding hydrogens is 522 g/mol. The molecule has 4 rings (SSSR count). The minimum absolute atomic E-state index is 0.197. The van der Waals surface area contributed by atoms with E-state index in [1.165, 1.54) is 11.3 Å². The standard InChI is InChI=1S/C31H35N5O3S/c1-21-13-26(17-32-16-21)35(3)18-28(37)27(14-23-9-6-5-7-10-23)34-30(38)24-11-8-12-25(15-24)31(39)36(4)19-29-33-22(2)20-40-29/h5-13,15-17,20,27-28,37H,14,18-19H2,1-4H3,(H,34,38)/t27-,28+/m0/s1. The highest BCUT2D eigenvalue weighted by molar-refractivity contribution is 7.09. The molecule has 0 unspecified atom stereocenters. The third-order valence-corrected chi connectivity index (χ3v) is 7.55. The number of pyridine rings is 1. The van der Waals surface area contributed by atoms with Crippen molar-refractivity contribution in [3.05, 3.63) is 111 Å². The van der Waals surface area contributed by atoms with Crippen LogP contribution in [0.3, 0.4) is 0 Å². The van der Waals surface area contributed by atoms with E-state index in [1.807, 2.05) is 67.6 Å². The average molecular weight is 558 g/mol. The first-order valence-corrected chi connectivity index (χ1v) is 14.0. The van der Waals surface area contributed by atoms with Crippen molar-refractivity contribution in [1.29, 1.82) is 0 Å². The number of aliphatic hydroxyl groups is 1. The van der Waals surface area contributed by atoms with Crippen molar-refractivity contribution < 1.29 is 14.7 Å². The quantitative estimate of drug-likeness (QED) is 0.286. The molecule has 2 amide bonds. The van der Waals surface area contributed by atoms with Gasteiger partial charge in [-0.2, -0.15) is 0 Å². The van der Waals surface area contributed by atoms with E-state index in [4.69, 9.17) is 0 Å². The average Bonchev–Trinajstić information content (AvgIpc) is 3.36. The van der Waals surface area contributed by atoms with Gasteiger partial charge in [-0.25, -0.2) is 4.98 Å². The van der Waals surface area contributed by atoms with Crippen molar-refractivity contribution in [2.45, 2.75) is 39.0 Å². The highest BCUT2D eigenvalue weighted by atomic mass is 32.1. The van der Waals surface area contributed by atoms with Crippen LogP contribution in [0.25, 0.3) is 0 Å². The van der Waals surface area contributed by atoms with Crippen LogP contribution in [0, 0.1) is 13.8 Å². The Kier molecular flexibility index (Phi) is 9.63. The zero-order valence-electron chi connectivity index (χ0n) is 23.2. The fraction of sp³-hybridized carbons (Fsp3) is 0.290. The first-order chi connectivity index (χ1) is 19.2. The molecule has 208 valence electrons. The van der Waals surface area contributed by atoms with Gasteiger partial charge in [0, 0.05) is 49.0 Å². The minimum Gasteiger partial charge on any atom is -0.389 e. The van der Waals surface area contributed by atoms with Gasteiger partial charge in [0.1, 0.15) is 5.01 Å². The van der Waals surface area contributed by atoms with E-state index in [1.54, 1.807) is 48.6 Å². The number of carbonyl (C=O) groups excluding carboxylic acids is 2. The lowest BCUT2D eigenvalue weighted by Gasteiger charge is -2.29. The molecule has 0 saturated carbocycles. The van der Waals surface area contributed by atoms with E-state index in [0.29, 0.717) is 30.6 Å². The summed E-state index contributed by atoms with van der Waals surface area (Å²) in [4.78, 5) is 38.7. The first-order valence-electron chi connectivity index (χ1n) is 13.1. The molecule has 2 aromatic heterocycles. The predicted molar refractivity (Wildman–Crippen MR) is 159 cm³/mol. The van der Waals surface area contributed by atoms with Crippen LogP contribution in [0.1, 0.15) is 42.5 Å². The van der Waals surface area contributed by atoms with Gasteiger partial charge in [0.2, 0.25) is 0 Å².